The van der Waals surface area contributed by atoms with E-state index in [-0.39, 0.29) is 22.6 Å². The Hall–Kier alpha value is -3.02. The molecule has 0 aliphatic rings. The van der Waals surface area contributed by atoms with Crippen LogP contribution in [0.1, 0.15) is 20.7 Å². The van der Waals surface area contributed by atoms with E-state index in [0.29, 0.717) is 11.1 Å². The van der Waals surface area contributed by atoms with Crippen molar-refractivity contribution in [2.75, 3.05) is 14.2 Å². The van der Waals surface area contributed by atoms with Crippen molar-refractivity contribution in [3.8, 4) is 22.6 Å². The molecule has 0 spiro atoms. The number of benzene rings is 2. The Kier molecular flexibility index (Phi) is 4.31. The summed E-state index contributed by atoms with van der Waals surface area (Å²) in [4.78, 5) is 22.3. The summed E-state index contributed by atoms with van der Waals surface area (Å²) in [7, 11) is 2.75. The average molecular weight is 302 g/mol. The van der Waals surface area contributed by atoms with E-state index < -0.39 is 11.9 Å². The van der Waals surface area contributed by atoms with Gasteiger partial charge in [-0.25, -0.2) is 9.59 Å². The fourth-order valence-corrected chi connectivity index (χ4v) is 2.17. The van der Waals surface area contributed by atoms with E-state index in [9.17, 15) is 14.7 Å². The summed E-state index contributed by atoms with van der Waals surface area (Å²) in [5.41, 5.74) is 1.25. The van der Waals surface area contributed by atoms with Crippen LogP contribution >= 0.6 is 0 Å². The lowest BCUT2D eigenvalue weighted by atomic mass is 9.99. The summed E-state index contributed by atoms with van der Waals surface area (Å²) in [6, 6.07) is 9.29. The van der Waals surface area contributed by atoms with Crippen LogP contribution in [0.4, 0.5) is 0 Å². The predicted molar refractivity (Wildman–Crippen MR) is 78.9 cm³/mol. The second kappa shape index (κ2) is 6.17. The van der Waals surface area contributed by atoms with Crippen molar-refractivity contribution in [1.29, 1.82) is 0 Å². The standard InChI is InChI=1S/C16H14O6/c1-21-12-8-7-11(14(22-2)13(12)16(19)20)9-3-5-10(6-4-9)15(17)18/h3-8H,1-2H3,(H,17,18)(H,19,20). The maximum absolute atomic E-state index is 11.4. The largest absolute Gasteiger partial charge is 0.496 e. The molecule has 0 unspecified atom stereocenters. The number of hydrogen-bond donors (Lipinski definition) is 2. The van der Waals surface area contributed by atoms with Crippen molar-refractivity contribution in [2.24, 2.45) is 0 Å². The maximum atomic E-state index is 11.4. The highest BCUT2D eigenvalue weighted by Gasteiger charge is 2.21. The first-order valence-electron chi connectivity index (χ1n) is 6.31. The van der Waals surface area contributed by atoms with Gasteiger partial charge in [0, 0.05) is 5.56 Å². The molecule has 2 aromatic carbocycles. The highest BCUT2D eigenvalue weighted by atomic mass is 16.5. The molecule has 0 aliphatic carbocycles. The highest BCUT2D eigenvalue weighted by molar-refractivity contribution is 5.97. The maximum Gasteiger partial charge on any atom is 0.343 e. The number of rotatable bonds is 5. The van der Waals surface area contributed by atoms with Crippen LogP contribution in [0.15, 0.2) is 36.4 Å². The molecular weight excluding hydrogens is 288 g/mol. The first-order valence-corrected chi connectivity index (χ1v) is 6.31. The number of aromatic carboxylic acids is 2. The fourth-order valence-electron chi connectivity index (χ4n) is 2.17. The summed E-state index contributed by atoms with van der Waals surface area (Å²) in [6.45, 7) is 0. The van der Waals surface area contributed by atoms with Crippen molar-refractivity contribution in [3.05, 3.63) is 47.5 Å². The molecule has 2 N–H and O–H groups in total. The van der Waals surface area contributed by atoms with E-state index in [1.54, 1.807) is 18.2 Å². The van der Waals surface area contributed by atoms with Crippen LogP contribution < -0.4 is 9.47 Å². The monoisotopic (exact) mass is 302 g/mol. The molecule has 0 atom stereocenters. The Labute approximate surface area is 126 Å². The molecule has 2 rings (SSSR count). The third kappa shape index (κ3) is 2.71. The van der Waals surface area contributed by atoms with Gasteiger partial charge in [0.25, 0.3) is 0 Å². The predicted octanol–water partition coefficient (Wildman–Crippen LogP) is 2.77. The lowest BCUT2D eigenvalue weighted by Crippen LogP contribution is -2.05. The van der Waals surface area contributed by atoms with Gasteiger partial charge in [0.05, 0.1) is 19.8 Å². The zero-order valence-corrected chi connectivity index (χ0v) is 12.0. The van der Waals surface area contributed by atoms with Gasteiger partial charge in [-0.3, -0.25) is 0 Å². The van der Waals surface area contributed by atoms with Crippen molar-refractivity contribution in [1.82, 2.24) is 0 Å². The number of carboxylic acid groups (broad SMARTS) is 2. The van der Waals surface area contributed by atoms with E-state index >= 15 is 0 Å². The minimum absolute atomic E-state index is 0.0789. The van der Waals surface area contributed by atoms with Gasteiger partial charge in [0.2, 0.25) is 0 Å². The molecule has 0 bridgehead atoms. The van der Waals surface area contributed by atoms with Crippen LogP contribution in [0, 0.1) is 0 Å². The minimum Gasteiger partial charge on any atom is -0.496 e. The van der Waals surface area contributed by atoms with E-state index in [1.807, 2.05) is 0 Å². The second-order valence-corrected chi connectivity index (χ2v) is 4.41. The van der Waals surface area contributed by atoms with Gasteiger partial charge in [0.15, 0.2) is 0 Å². The van der Waals surface area contributed by atoms with Crippen LogP contribution in [0.5, 0.6) is 11.5 Å². The molecule has 6 heteroatoms. The number of hydrogen-bond acceptors (Lipinski definition) is 4. The lowest BCUT2D eigenvalue weighted by molar-refractivity contribution is 0.0681. The topological polar surface area (TPSA) is 93.1 Å². The molecule has 6 nitrogen and oxygen atoms in total. The Bertz CT molecular complexity index is 718. The number of carboxylic acids is 2. The molecule has 0 aromatic heterocycles. The molecular formula is C16H14O6. The first-order chi connectivity index (χ1) is 10.5. The zero-order chi connectivity index (χ0) is 16.3. The van der Waals surface area contributed by atoms with Crippen molar-refractivity contribution < 1.29 is 29.3 Å². The molecule has 0 fully saturated rings. The van der Waals surface area contributed by atoms with Crippen molar-refractivity contribution >= 4 is 11.9 Å². The van der Waals surface area contributed by atoms with Crippen molar-refractivity contribution in [3.63, 3.8) is 0 Å². The smallest absolute Gasteiger partial charge is 0.343 e. The molecule has 0 heterocycles. The van der Waals surface area contributed by atoms with Gasteiger partial charge in [-0.05, 0) is 29.8 Å². The van der Waals surface area contributed by atoms with Gasteiger partial charge < -0.3 is 19.7 Å². The summed E-state index contributed by atoms with van der Waals surface area (Å²) >= 11 is 0. The molecule has 0 saturated carbocycles. The fraction of sp³-hybridized carbons (Fsp3) is 0.125. The third-order valence-electron chi connectivity index (χ3n) is 3.20. The summed E-state index contributed by atoms with van der Waals surface area (Å²) < 4.78 is 10.3. The normalized spacial score (nSPS) is 10.1. The third-order valence-corrected chi connectivity index (χ3v) is 3.20. The van der Waals surface area contributed by atoms with Crippen molar-refractivity contribution in [2.45, 2.75) is 0 Å². The number of carbonyl (C=O) groups is 2. The molecule has 0 aliphatic heterocycles. The molecule has 22 heavy (non-hydrogen) atoms. The Balaban J connectivity index is 2.62. The Morgan fingerprint density at radius 2 is 1.50 bits per heavy atom. The zero-order valence-electron chi connectivity index (χ0n) is 12.0. The van der Waals surface area contributed by atoms with Crippen LogP contribution in [0.3, 0.4) is 0 Å². The highest BCUT2D eigenvalue weighted by Crippen LogP contribution is 2.38. The Morgan fingerprint density at radius 1 is 0.864 bits per heavy atom. The average Bonchev–Trinajstić information content (AvgIpc) is 2.53. The molecule has 0 radical (unpaired) electrons. The van der Waals surface area contributed by atoms with E-state index in [4.69, 9.17) is 14.6 Å². The summed E-state index contributed by atoms with van der Waals surface area (Å²) in [5.74, 6) is -1.85. The minimum atomic E-state index is -1.17. The quantitative estimate of drug-likeness (QED) is 0.882. The van der Waals surface area contributed by atoms with Crippen LogP contribution in [0.2, 0.25) is 0 Å². The van der Waals surface area contributed by atoms with Crippen LogP contribution in [-0.4, -0.2) is 36.4 Å². The molecule has 0 saturated heterocycles. The number of ether oxygens (including phenoxy) is 2. The van der Waals surface area contributed by atoms with Gasteiger partial charge in [0.1, 0.15) is 17.1 Å². The molecule has 2 aromatic rings. The molecule has 0 amide bonds. The number of methoxy groups -OCH3 is 2. The van der Waals surface area contributed by atoms with Crippen LogP contribution in [-0.2, 0) is 0 Å². The van der Waals surface area contributed by atoms with E-state index in [0.717, 1.165) is 0 Å². The van der Waals surface area contributed by atoms with Crippen LogP contribution in [0.25, 0.3) is 11.1 Å². The van der Waals surface area contributed by atoms with E-state index in [2.05, 4.69) is 0 Å². The first kappa shape index (κ1) is 15.4. The van der Waals surface area contributed by atoms with Gasteiger partial charge in [-0.15, -0.1) is 0 Å². The van der Waals surface area contributed by atoms with Gasteiger partial charge in [-0.2, -0.15) is 0 Å². The lowest BCUT2D eigenvalue weighted by Gasteiger charge is -2.14. The second-order valence-electron chi connectivity index (χ2n) is 4.41. The molecule has 114 valence electrons. The SMILES string of the molecule is COc1ccc(-c2ccc(C(=O)O)cc2)c(OC)c1C(=O)O. The van der Waals surface area contributed by atoms with Gasteiger partial charge in [-0.1, -0.05) is 12.1 Å². The summed E-state index contributed by atoms with van der Waals surface area (Å²) in [5, 5.41) is 18.3. The summed E-state index contributed by atoms with van der Waals surface area (Å²) in [6.07, 6.45) is 0. The van der Waals surface area contributed by atoms with Gasteiger partial charge >= 0.3 is 11.9 Å². The van der Waals surface area contributed by atoms with E-state index in [1.165, 1.54) is 32.4 Å². The Morgan fingerprint density at radius 3 is 1.95 bits per heavy atom.